The first-order valence-electron chi connectivity index (χ1n) is 12.7. The van der Waals surface area contributed by atoms with E-state index in [1.807, 2.05) is 12.1 Å². The van der Waals surface area contributed by atoms with E-state index in [1.54, 1.807) is 74.5 Å². The Kier molecular flexibility index (Phi) is 8.90. The van der Waals surface area contributed by atoms with Crippen LogP contribution in [-0.4, -0.2) is 52.4 Å². The number of carbonyl (C=O) groups is 5. The lowest BCUT2D eigenvalue weighted by Gasteiger charge is -2.37. The molecule has 3 aromatic carbocycles. The highest BCUT2D eigenvalue weighted by Crippen LogP contribution is 2.28. The summed E-state index contributed by atoms with van der Waals surface area (Å²) in [6, 6.07) is 22.7. The lowest BCUT2D eigenvalue weighted by atomic mass is 10.0. The lowest BCUT2D eigenvalue weighted by Crippen LogP contribution is -2.60. The second-order valence-electron chi connectivity index (χ2n) is 9.40. The van der Waals surface area contributed by atoms with Crippen molar-refractivity contribution in [3.63, 3.8) is 0 Å². The van der Waals surface area contributed by atoms with Crippen molar-refractivity contribution in [2.45, 2.75) is 33.1 Å². The van der Waals surface area contributed by atoms with Crippen molar-refractivity contribution in [1.29, 1.82) is 0 Å². The van der Waals surface area contributed by atoms with Crippen molar-refractivity contribution in [3.05, 3.63) is 107 Å². The molecule has 1 atom stereocenters. The SMILES string of the molecule is CC(C)C(C(=O)OCc1ccccc1)N(C(=O)CNC(=O)OCc1ccccc1)N1C(=O)c2ccccc2C1=O. The van der Waals surface area contributed by atoms with Gasteiger partial charge in [-0.15, -0.1) is 0 Å². The van der Waals surface area contributed by atoms with E-state index in [0.29, 0.717) is 5.01 Å². The van der Waals surface area contributed by atoms with Gasteiger partial charge in [0.2, 0.25) is 0 Å². The van der Waals surface area contributed by atoms with Gasteiger partial charge in [-0.1, -0.05) is 86.6 Å². The minimum Gasteiger partial charge on any atom is -0.459 e. The molecule has 0 aromatic heterocycles. The molecule has 206 valence electrons. The summed E-state index contributed by atoms with van der Waals surface area (Å²) in [6.45, 7) is 2.58. The van der Waals surface area contributed by atoms with Crippen molar-refractivity contribution in [2.75, 3.05) is 6.54 Å². The van der Waals surface area contributed by atoms with Crippen LogP contribution in [0.3, 0.4) is 0 Å². The number of benzene rings is 3. The summed E-state index contributed by atoms with van der Waals surface area (Å²) in [5, 5.41) is 3.79. The Morgan fingerprint density at radius 3 is 1.73 bits per heavy atom. The molecule has 0 aliphatic carbocycles. The van der Waals surface area contributed by atoms with Crippen LogP contribution in [0.15, 0.2) is 84.9 Å². The topological polar surface area (TPSA) is 122 Å². The van der Waals surface area contributed by atoms with Crippen molar-refractivity contribution in [2.24, 2.45) is 5.92 Å². The maximum absolute atomic E-state index is 13.6. The largest absolute Gasteiger partial charge is 0.459 e. The number of esters is 1. The second-order valence-corrected chi connectivity index (χ2v) is 9.40. The van der Waals surface area contributed by atoms with E-state index in [2.05, 4.69) is 5.32 Å². The number of carbonyl (C=O) groups excluding carboxylic acids is 5. The van der Waals surface area contributed by atoms with E-state index < -0.39 is 48.3 Å². The number of fused-ring (bicyclic) bond motifs is 1. The summed E-state index contributed by atoms with van der Waals surface area (Å²) >= 11 is 0. The van der Waals surface area contributed by atoms with Gasteiger partial charge in [-0.2, -0.15) is 5.01 Å². The molecule has 1 aliphatic heterocycles. The number of amides is 4. The summed E-state index contributed by atoms with van der Waals surface area (Å²) in [7, 11) is 0. The Morgan fingerprint density at radius 2 is 1.23 bits per heavy atom. The Labute approximate surface area is 231 Å². The molecule has 10 nitrogen and oxygen atoms in total. The first kappa shape index (κ1) is 28.0. The van der Waals surface area contributed by atoms with Crippen LogP contribution in [0.5, 0.6) is 0 Å². The van der Waals surface area contributed by atoms with Crippen LogP contribution >= 0.6 is 0 Å². The predicted molar refractivity (Wildman–Crippen MR) is 143 cm³/mol. The molecule has 4 rings (SSSR count). The highest BCUT2D eigenvalue weighted by Gasteiger charge is 2.47. The van der Waals surface area contributed by atoms with Crippen LogP contribution in [0.2, 0.25) is 0 Å². The molecular formula is C30H29N3O7. The summed E-state index contributed by atoms with van der Waals surface area (Å²) in [5.41, 5.74) is 1.67. The molecule has 1 unspecified atom stereocenters. The fraction of sp³-hybridized carbons (Fsp3) is 0.233. The molecule has 1 aliphatic rings. The zero-order chi connectivity index (χ0) is 28.6. The molecule has 0 radical (unpaired) electrons. The molecule has 10 heteroatoms. The average molecular weight is 544 g/mol. The number of hydrogen-bond donors (Lipinski definition) is 1. The van der Waals surface area contributed by atoms with Gasteiger partial charge in [0.25, 0.3) is 17.7 Å². The van der Waals surface area contributed by atoms with Crippen molar-refractivity contribution >= 4 is 29.8 Å². The van der Waals surface area contributed by atoms with E-state index >= 15 is 0 Å². The minimum absolute atomic E-state index is 0.0244. The van der Waals surface area contributed by atoms with Crippen LogP contribution in [0.4, 0.5) is 4.79 Å². The number of alkyl carbamates (subject to hydrolysis) is 1. The van der Waals surface area contributed by atoms with Crippen LogP contribution < -0.4 is 5.32 Å². The highest BCUT2D eigenvalue weighted by molar-refractivity contribution is 6.22. The summed E-state index contributed by atoms with van der Waals surface area (Å²) in [6.07, 6.45) is -0.882. The standard InChI is InChI=1S/C30H29N3O7/c1-20(2)26(29(37)39-18-21-11-5-3-6-12-21)32(33-27(35)23-15-9-10-16-24(23)28(33)36)25(34)17-31-30(38)40-19-22-13-7-4-8-14-22/h3-16,20,26H,17-19H2,1-2H3,(H,31,38). The van der Waals surface area contributed by atoms with Crippen LogP contribution in [-0.2, 0) is 32.3 Å². The van der Waals surface area contributed by atoms with Gasteiger partial charge < -0.3 is 14.8 Å². The quantitative estimate of drug-likeness (QED) is 0.305. The molecule has 1 heterocycles. The molecule has 1 N–H and O–H groups in total. The molecule has 0 saturated carbocycles. The maximum Gasteiger partial charge on any atom is 0.407 e. The zero-order valence-electron chi connectivity index (χ0n) is 22.1. The number of nitrogens with one attached hydrogen (secondary N) is 1. The molecule has 40 heavy (non-hydrogen) atoms. The van der Waals surface area contributed by atoms with E-state index in [4.69, 9.17) is 9.47 Å². The first-order chi connectivity index (χ1) is 19.3. The molecule has 0 spiro atoms. The number of nitrogens with zero attached hydrogens (tertiary/aromatic N) is 2. The summed E-state index contributed by atoms with van der Waals surface area (Å²) < 4.78 is 10.7. The molecule has 0 bridgehead atoms. The normalized spacial score (nSPS) is 13.0. The first-order valence-corrected chi connectivity index (χ1v) is 12.7. The molecule has 0 saturated heterocycles. The number of rotatable bonds is 10. The van der Waals surface area contributed by atoms with Crippen LogP contribution in [0.1, 0.15) is 45.7 Å². The number of hydrogen-bond acceptors (Lipinski definition) is 7. The molecule has 0 fully saturated rings. The second kappa shape index (κ2) is 12.7. The number of hydrazine groups is 1. The molecular weight excluding hydrogens is 514 g/mol. The van der Waals surface area contributed by atoms with Gasteiger partial charge in [0.05, 0.1) is 11.1 Å². The third kappa shape index (κ3) is 6.35. The predicted octanol–water partition coefficient (Wildman–Crippen LogP) is 3.72. The fourth-order valence-corrected chi connectivity index (χ4v) is 4.23. The van der Waals surface area contributed by atoms with E-state index in [-0.39, 0.29) is 24.3 Å². The third-order valence-electron chi connectivity index (χ3n) is 6.20. The van der Waals surface area contributed by atoms with Gasteiger partial charge >= 0.3 is 12.1 Å². The average Bonchev–Trinajstić information content (AvgIpc) is 3.22. The van der Waals surface area contributed by atoms with Crippen LogP contribution in [0, 0.1) is 5.92 Å². The van der Waals surface area contributed by atoms with Gasteiger partial charge in [-0.3, -0.25) is 14.4 Å². The fourth-order valence-electron chi connectivity index (χ4n) is 4.23. The van der Waals surface area contributed by atoms with Crippen molar-refractivity contribution < 1.29 is 33.4 Å². The Balaban J connectivity index is 1.55. The lowest BCUT2D eigenvalue weighted by molar-refractivity contribution is -0.167. The van der Waals surface area contributed by atoms with Gasteiger partial charge in [-0.05, 0) is 29.2 Å². The summed E-state index contributed by atoms with van der Waals surface area (Å²) in [4.78, 5) is 65.9. The molecule has 3 aromatic rings. The van der Waals surface area contributed by atoms with Crippen molar-refractivity contribution in [3.8, 4) is 0 Å². The number of imide groups is 1. The highest BCUT2D eigenvalue weighted by atomic mass is 16.5. The van der Waals surface area contributed by atoms with Crippen molar-refractivity contribution in [1.82, 2.24) is 15.3 Å². The van der Waals surface area contributed by atoms with Gasteiger partial charge in [0, 0.05) is 0 Å². The van der Waals surface area contributed by atoms with Crippen LogP contribution in [0.25, 0.3) is 0 Å². The minimum atomic E-state index is -1.35. The molecule has 4 amide bonds. The Bertz CT molecular complexity index is 1360. The maximum atomic E-state index is 13.6. The Hall–Kier alpha value is -4.99. The third-order valence-corrected chi connectivity index (χ3v) is 6.20. The van der Waals surface area contributed by atoms with E-state index in [0.717, 1.165) is 16.1 Å². The van der Waals surface area contributed by atoms with Gasteiger partial charge in [0.1, 0.15) is 19.8 Å². The van der Waals surface area contributed by atoms with Gasteiger partial charge in [0.15, 0.2) is 6.04 Å². The van der Waals surface area contributed by atoms with E-state index in [9.17, 15) is 24.0 Å². The zero-order valence-corrected chi connectivity index (χ0v) is 22.1. The number of ether oxygens (including phenoxy) is 2. The van der Waals surface area contributed by atoms with E-state index in [1.165, 1.54) is 12.1 Å². The van der Waals surface area contributed by atoms with Gasteiger partial charge in [-0.25, -0.2) is 14.6 Å². The monoisotopic (exact) mass is 543 g/mol. The Morgan fingerprint density at radius 1 is 0.750 bits per heavy atom. The smallest absolute Gasteiger partial charge is 0.407 e. The summed E-state index contributed by atoms with van der Waals surface area (Å²) in [5.74, 6) is -3.78.